The molecule has 0 unspecified atom stereocenters. The highest BCUT2D eigenvalue weighted by molar-refractivity contribution is 7.92. The van der Waals surface area contributed by atoms with Gasteiger partial charge in [-0.2, -0.15) is 0 Å². The van der Waals surface area contributed by atoms with Crippen LogP contribution in [0.4, 0.5) is 5.69 Å². The lowest BCUT2D eigenvalue weighted by molar-refractivity contribution is -0.140. The van der Waals surface area contributed by atoms with E-state index in [0.717, 1.165) is 21.0 Å². The zero-order valence-corrected chi connectivity index (χ0v) is 28.7. The molecule has 4 rings (SSSR count). The van der Waals surface area contributed by atoms with Gasteiger partial charge in [0, 0.05) is 29.1 Å². The van der Waals surface area contributed by atoms with E-state index in [-0.39, 0.29) is 29.8 Å². The van der Waals surface area contributed by atoms with Crippen LogP contribution in [0.3, 0.4) is 0 Å². The minimum atomic E-state index is -4.23. The van der Waals surface area contributed by atoms with E-state index in [9.17, 15) is 18.0 Å². The van der Waals surface area contributed by atoms with Crippen molar-refractivity contribution in [3.8, 4) is 0 Å². The number of rotatable bonds is 13. The van der Waals surface area contributed by atoms with E-state index in [1.807, 2.05) is 70.2 Å². The first kappa shape index (κ1) is 35.0. The van der Waals surface area contributed by atoms with Crippen LogP contribution >= 0.6 is 23.2 Å². The highest BCUT2D eigenvalue weighted by Gasteiger charge is 2.35. The molecule has 0 aromatic heterocycles. The summed E-state index contributed by atoms with van der Waals surface area (Å²) in [7, 11) is -4.23. The lowest BCUT2D eigenvalue weighted by Crippen LogP contribution is -2.54. The van der Waals surface area contributed by atoms with Crippen LogP contribution in [0.2, 0.25) is 10.0 Å². The first-order valence-corrected chi connectivity index (χ1v) is 17.3. The fraction of sp³-hybridized carbons (Fsp3) is 0.278. The van der Waals surface area contributed by atoms with E-state index in [1.54, 1.807) is 30.3 Å². The Balaban J connectivity index is 1.83. The van der Waals surface area contributed by atoms with Gasteiger partial charge < -0.3 is 10.2 Å². The number of amides is 2. The molecule has 0 saturated carbocycles. The molecule has 0 bridgehead atoms. The summed E-state index contributed by atoms with van der Waals surface area (Å²) in [6.07, 6.45) is 0.926. The lowest BCUT2D eigenvalue weighted by atomic mass is 10.0. The Bertz CT molecular complexity index is 1770. The molecule has 0 aliphatic carbocycles. The molecule has 0 heterocycles. The maximum absolute atomic E-state index is 14.6. The molecular formula is C36H39Cl2N3O4S. The Hall–Kier alpha value is -3.85. The third-order valence-electron chi connectivity index (χ3n) is 7.97. The van der Waals surface area contributed by atoms with Crippen molar-refractivity contribution in [1.82, 2.24) is 10.2 Å². The maximum Gasteiger partial charge on any atom is 0.264 e. The van der Waals surface area contributed by atoms with Gasteiger partial charge in [-0.1, -0.05) is 78.7 Å². The smallest absolute Gasteiger partial charge is 0.264 e. The van der Waals surface area contributed by atoms with Crippen molar-refractivity contribution in [1.29, 1.82) is 0 Å². The Morgan fingerprint density at radius 3 is 2.11 bits per heavy atom. The van der Waals surface area contributed by atoms with Gasteiger partial charge in [-0.05, 0) is 98.0 Å². The number of carbonyl (C=O) groups is 2. The van der Waals surface area contributed by atoms with E-state index >= 15 is 0 Å². The van der Waals surface area contributed by atoms with Crippen LogP contribution in [-0.4, -0.2) is 43.8 Å². The van der Waals surface area contributed by atoms with Crippen molar-refractivity contribution in [3.63, 3.8) is 0 Å². The molecule has 4 aromatic rings. The largest absolute Gasteiger partial charge is 0.352 e. The highest BCUT2D eigenvalue weighted by Crippen LogP contribution is 2.28. The van der Waals surface area contributed by atoms with E-state index in [2.05, 4.69) is 5.32 Å². The third-order valence-corrected chi connectivity index (χ3v) is 10.2. The summed E-state index contributed by atoms with van der Waals surface area (Å²) >= 11 is 12.4. The molecule has 7 nitrogen and oxygen atoms in total. The SMILES string of the molecule is CC[C@H](C)NC(=O)[C@H](Cc1ccccc1)N(Cc1cccc(Cl)c1)C(=O)CN(c1ccc(C)c(C)c1)S(=O)(=O)c1ccc(Cl)cc1. The number of halogens is 2. The summed E-state index contributed by atoms with van der Waals surface area (Å²) in [5.41, 5.74) is 3.74. The predicted octanol–water partition coefficient (Wildman–Crippen LogP) is 7.36. The number of nitrogens with zero attached hydrogens (tertiary/aromatic N) is 2. The van der Waals surface area contributed by atoms with Crippen LogP contribution in [-0.2, 0) is 32.6 Å². The average Bonchev–Trinajstić information content (AvgIpc) is 3.03. The Morgan fingerprint density at radius 2 is 1.48 bits per heavy atom. The van der Waals surface area contributed by atoms with Gasteiger partial charge in [0.2, 0.25) is 11.8 Å². The molecule has 2 atom stereocenters. The third kappa shape index (κ3) is 8.90. The van der Waals surface area contributed by atoms with Crippen molar-refractivity contribution in [3.05, 3.63) is 129 Å². The van der Waals surface area contributed by atoms with Gasteiger partial charge in [0.25, 0.3) is 10.0 Å². The molecule has 242 valence electrons. The van der Waals surface area contributed by atoms with Gasteiger partial charge >= 0.3 is 0 Å². The summed E-state index contributed by atoms with van der Waals surface area (Å²) in [5, 5.41) is 3.91. The van der Waals surface area contributed by atoms with Crippen LogP contribution < -0.4 is 9.62 Å². The van der Waals surface area contributed by atoms with Gasteiger partial charge in [-0.3, -0.25) is 13.9 Å². The van der Waals surface area contributed by atoms with Gasteiger partial charge in [0.05, 0.1) is 10.6 Å². The second kappa shape index (κ2) is 15.6. The summed E-state index contributed by atoms with van der Waals surface area (Å²) < 4.78 is 29.5. The molecular weight excluding hydrogens is 641 g/mol. The normalized spacial score (nSPS) is 12.7. The van der Waals surface area contributed by atoms with Gasteiger partial charge in [-0.15, -0.1) is 0 Å². The fourth-order valence-corrected chi connectivity index (χ4v) is 6.72. The molecule has 0 radical (unpaired) electrons. The van der Waals surface area contributed by atoms with Crippen molar-refractivity contribution in [2.75, 3.05) is 10.8 Å². The molecule has 46 heavy (non-hydrogen) atoms. The summed E-state index contributed by atoms with van der Waals surface area (Å²) in [4.78, 5) is 30.0. The van der Waals surface area contributed by atoms with Gasteiger partial charge in [0.1, 0.15) is 12.6 Å². The number of carbonyl (C=O) groups excluding carboxylic acids is 2. The number of hydrogen-bond donors (Lipinski definition) is 1. The van der Waals surface area contributed by atoms with E-state index in [0.29, 0.717) is 27.7 Å². The van der Waals surface area contributed by atoms with E-state index < -0.39 is 28.5 Å². The Kier molecular flexibility index (Phi) is 11.9. The number of hydrogen-bond acceptors (Lipinski definition) is 4. The first-order valence-electron chi connectivity index (χ1n) is 15.1. The summed E-state index contributed by atoms with van der Waals surface area (Å²) in [6, 6.07) is 26.5. The van der Waals surface area contributed by atoms with Crippen LogP contribution in [0.15, 0.2) is 102 Å². The monoisotopic (exact) mass is 679 g/mol. The minimum absolute atomic E-state index is 0.0142. The van der Waals surface area contributed by atoms with Gasteiger partial charge in [0.15, 0.2) is 0 Å². The Labute approximate surface area is 282 Å². The second-order valence-corrected chi connectivity index (χ2v) is 14.1. The minimum Gasteiger partial charge on any atom is -0.352 e. The number of aryl methyl sites for hydroxylation is 2. The highest BCUT2D eigenvalue weighted by atomic mass is 35.5. The number of anilines is 1. The number of benzene rings is 4. The zero-order chi connectivity index (χ0) is 33.4. The van der Waals surface area contributed by atoms with E-state index in [4.69, 9.17) is 23.2 Å². The molecule has 0 fully saturated rings. The van der Waals surface area contributed by atoms with Crippen LogP contribution in [0.5, 0.6) is 0 Å². The molecule has 10 heteroatoms. The summed E-state index contributed by atoms with van der Waals surface area (Å²) in [6.45, 7) is 7.17. The van der Waals surface area contributed by atoms with Crippen LogP contribution in [0.1, 0.15) is 42.5 Å². The van der Waals surface area contributed by atoms with Crippen molar-refractivity contribution >= 4 is 50.7 Å². The molecule has 0 aliphatic heterocycles. The lowest BCUT2D eigenvalue weighted by Gasteiger charge is -2.34. The topological polar surface area (TPSA) is 86.8 Å². The standard InChI is InChI=1S/C36H39Cl2N3O4S/c1-5-27(4)39-36(43)34(22-28-10-7-6-8-11-28)40(23-29-12-9-13-31(38)21-29)35(42)24-41(32-17-14-25(2)26(3)20-32)46(44,45)33-18-15-30(37)16-19-33/h6-21,27,34H,5,22-24H2,1-4H3,(H,39,43)/t27-,34-/m0/s1. The van der Waals surface area contributed by atoms with Crippen molar-refractivity contribution in [2.45, 2.75) is 64.1 Å². The molecule has 4 aromatic carbocycles. The van der Waals surface area contributed by atoms with Crippen molar-refractivity contribution < 1.29 is 18.0 Å². The molecule has 2 amide bonds. The predicted molar refractivity (Wildman–Crippen MR) is 186 cm³/mol. The van der Waals surface area contributed by atoms with Crippen molar-refractivity contribution in [2.24, 2.45) is 0 Å². The molecule has 0 aliphatic rings. The van der Waals surface area contributed by atoms with E-state index in [1.165, 1.54) is 29.2 Å². The zero-order valence-electron chi connectivity index (χ0n) is 26.4. The summed E-state index contributed by atoms with van der Waals surface area (Å²) in [5.74, 6) is -0.872. The quantitative estimate of drug-likeness (QED) is 0.160. The molecule has 0 saturated heterocycles. The number of sulfonamides is 1. The fourth-order valence-electron chi connectivity index (χ4n) is 4.97. The first-order chi connectivity index (χ1) is 21.9. The van der Waals surface area contributed by atoms with Crippen LogP contribution in [0.25, 0.3) is 0 Å². The average molecular weight is 681 g/mol. The number of nitrogens with one attached hydrogen (secondary N) is 1. The van der Waals surface area contributed by atoms with Gasteiger partial charge in [-0.25, -0.2) is 8.42 Å². The molecule has 0 spiro atoms. The Morgan fingerprint density at radius 1 is 0.804 bits per heavy atom. The molecule has 1 N–H and O–H groups in total. The second-order valence-electron chi connectivity index (χ2n) is 11.4. The van der Waals surface area contributed by atoms with Crippen LogP contribution in [0, 0.1) is 13.8 Å². The maximum atomic E-state index is 14.6.